The first-order chi connectivity index (χ1) is 20.5. The maximum atomic E-state index is 12.4. The molecule has 5 nitrogen and oxygen atoms in total. The van der Waals surface area contributed by atoms with E-state index in [-0.39, 0.29) is 18.5 Å². The monoisotopic (exact) mass is 597 g/mol. The molecule has 2 atom stereocenters. The molecule has 0 fully saturated rings. The van der Waals surface area contributed by atoms with E-state index in [1.165, 1.54) is 103 Å². The Morgan fingerprint density at radius 2 is 0.857 bits per heavy atom. The summed E-state index contributed by atoms with van der Waals surface area (Å²) in [5.74, 6) is -0.259. The van der Waals surface area contributed by atoms with Gasteiger partial charge < -0.3 is 14.9 Å². The number of carbonyl (C=O) groups excluding carboxylic acids is 1. The molecule has 0 aromatic carbocycles. The Balaban J connectivity index is 3.91. The first-order valence-electron chi connectivity index (χ1n) is 18.5. The SMILES string of the molecule is CCCCCCCCCC(CCCCCCCC(=O)O)COC(=O)CCCCCCCCCCC(O)CCCCCC. The van der Waals surface area contributed by atoms with Crippen LogP contribution in [0.15, 0.2) is 0 Å². The molecule has 0 rings (SSSR count). The smallest absolute Gasteiger partial charge is 0.305 e. The molecule has 0 saturated carbocycles. The van der Waals surface area contributed by atoms with Gasteiger partial charge in [0, 0.05) is 12.8 Å². The topological polar surface area (TPSA) is 83.8 Å². The average molecular weight is 597 g/mol. The summed E-state index contributed by atoms with van der Waals surface area (Å²) < 4.78 is 5.74. The summed E-state index contributed by atoms with van der Waals surface area (Å²) in [5, 5.41) is 18.9. The highest BCUT2D eigenvalue weighted by atomic mass is 16.5. The van der Waals surface area contributed by atoms with Crippen molar-refractivity contribution in [2.75, 3.05) is 6.61 Å². The van der Waals surface area contributed by atoms with Crippen LogP contribution in [0.3, 0.4) is 0 Å². The number of carbonyl (C=O) groups is 2. The molecule has 0 heterocycles. The van der Waals surface area contributed by atoms with Crippen LogP contribution in [0, 0.1) is 5.92 Å². The fourth-order valence-corrected chi connectivity index (χ4v) is 5.88. The molecule has 0 aromatic heterocycles. The molecule has 250 valence electrons. The van der Waals surface area contributed by atoms with Gasteiger partial charge in [0.05, 0.1) is 12.7 Å². The number of esters is 1. The third-order valence-corrected chi connectivity index (χ3v) is 8.76. The number of aliphatic hydroxyl groups is 1. The van der Waals surface area contributed by atoms with E-state index in [1.54, 1.807) is 0 Å². The summed E-state index contributed by atoms with van der Waals surface area (Å²) in [6.45, 7) is 5.05. The number of aliphatic hydroxyl groups excluding tert-OH is 1. The van der Waals surface area contributed by atoms with Gasteiger partial charge in [0.25, 0.3) is 0 Å². The largest absolute Gasteiger partial charge is 0.481 e. The van der Waals surface area contributed by atoms with Gasteiger partial charge >= 0.3 is 11.9 Å². The molecule has 5 heteroatoms. The van der Waals surface area contributed by atoms with Crippen LogP contribution in [0.25, 0.3) is 0 Å². The fraction of sp³-hybridized carbons (Fsp3) is 0.946. The first kappa shape index (κ1) is 40.9. The van der Waals surface area contributed by atoms with Crippen LogP contribution in [0.1, 0.15) is 206 Å². The lowest BCUT2D eigenvalue weighted by molar-refractivity contribution is -0.145. The second-order valence-electron chi connectivity index (χ2n) is 13.0. The van der Waals surface area contributed by atoms with Gasteiger partial charge in [-0.05, 0) is 44.4 Å². The number of rotatable bonds is 34. The quantitative estimate of drug-likeness (QED) is 0.0570. The van der Waals surface area contributed by atoms with Crippen LogP contribution in [-0.4, -0.2) is 34.9 Å². The first-order valence-corrected chi connectivity index (χ1v) is 18.5. The Morgan fingerprint density at radius 1 is 0.500 bits per heavy atom. The lowest BCUT2D eigenvalue weighted by atomic mass is 9.94. The number of aliphatic carboxylic acids is 1. The van der Waals surface area contributed by atoms with Gasteiger partial charge in [-0.25, -0.2) is 0 Å². The van der Waals surface area contributed by atoms with E-state index < -0.39 is 5.97 Å². The van der Waals surface area contributed by atoms with Gasteiger partial charge in [0.1, 0.15) is 0 Å². The molecule has 0 saturated heterocycles. The van der Waals surface area contributed by atoms with E-state index in [0.29, 0.717) is 18.9 Å². The van der Waals surface area contributed by atoms with Crippen molar-refractivity contribution in [1.82, 2.24) is 0 Å². The summed E-state index contributed by atoms with van der Waals surface area (Å²) in [6.07, 6.45) is 33.6. The fourth-order valence-electron chi connectivity index (χ4n) is 5.88. The predicted molar refractivity (Wildman–Crippen MR) is 178 cm³/mol. The van der Waals surface area contributed by atoms with Gasteiger partial charge in [-0.2, -0.15) is 0 Å². The van der Waals surface area contributed by atoms with Gasteiger partial charge in [-0.15, -0.1) is 0 Å². The minimum absolute atomic E-state index is 0.0264. The van der Waals surface area contributed by atoms with E-state index in [4.69, 9.17) is 9.84 Å². The molecule has 0 aliphatic carbocycles. The van der Waals surface area contributed by atoms with E-state index in [1.807, 2.05) is 0 Å². The lowest BCUT2D eigenvalue weighted by Gasteiger charge is -2.17. The van der Waals surface area contributed by atoms with Crippen molar-refractivity contribution in [3.05, 3.63) is 0 Å². The molecule has 0 radical (unpaired) electrons. The molecular formula is C37H72O5. The Labute approximate surface area is 261 Å². The molecule has 42 heavy (non-hydrogen) atoms. The summed E-state index contributed by atoms with van der Waals surface area (Å²) in [6, 6.07) is 0. The normalized spacial score (nSPS) is 12.8. The summed E-state index contributed by atoms with van der Waals surface area (Å²) in [5.41, 5.74) is 0. The van der Waals surface area contributed by atoms with E-state index in [2.05, 4.69) is 13.8 Å². The standard InChI is InChI=1S/C37H72O5/c1-3-5-7-9-12-16-21-27-34(28-22-17-15-19-25-31-36(39)40)33-42-37(41)32-26-20-14-11-10-13-18-24-30-35(38)29-23-8-6-4-2/h34-35,38H,3-33H2,1-2H3,(H,39,40). The van der Waals surface area contributed by atoms with Crippen LogP contribution < -0.4 is 0 Å². The van der Waals surface area contributed by atoms with Crippen molar-refractivity contribution in [2.24, 2.45) is 5.92 Å². The second-order valence-corrected chi connectivity index (χ2v) is 13.0. The highest BCUT2D eigenvalue weighted by Gasteiger charge is 2.12. The third kappa shape index (κ3) is 31.8. The molecule has 0 spiro atoms. The summed E-state index contributed by atoms with van der Waals surface area (Å²) in [4.78, 5) is 23.1. The minimum atomic E-state index is -0.696. The van der Waals surface area contributed by atoms with Crippen molar-refractivity contribution < 1.29 is 24.5 Å². The number of carboxylic acid groups (broad SMARTS) is 1. The van der Waals surface area contributed by atoms with Crippen LogP contribution >= 0.6 is 0 Å². The Kier molecular flexibility index (Phi) is 31.9. The molecule has 0 aliphatic heterocycles. The molecule has 2 N–H and O–H groups in total. The maximum Gasteiger partial charge on any atom is 0.305 e. The van der Waals surface area contributed by atoms with Gasteiger partial charge in [-0.3, -0.25) is 9.59 Å². The Bertz CT molecular complexity index is 579. The van der Waals surface area contributed by atoms with Crippen molar-refractivity contribution in [2.45, 2.75) is 213 Å². The molecule has 2 unspecified atom stereocenters. The van der Waals surface area contributed by atoms with Crippen LogP contribution in [0.4, 0.5) is 0 Å². The van der Waals surface area contributed by atoms with Crippen LogP contribution in [0.2, 0.25) is 0 Å². The molecular weight excluding hydrogens is 524 g/mol. The van der Waals surface area contributed by atoms with Crippen molar-refractivity contribution in [1.29, 1.82) is 0 Å². The van der Waals surface area contributed by atoms with Gasteiger partial charge in [0.2, 0.25) is 0 Å². The van der Waals surface area contributed by atoms with Gasteiger partial charge in [0.15, 0.2) is 0 Å². The zero-order valence-corrected chi connectivity index (χ0v) is 28.2. The number of hydrogen-bond donors (Lipinski definition) is 2. The van der Waals surface area contributed by atoms with Crippen molar-refractivity contribution in [3.63, 3.8) is 0 Å². The second kappa shape index (κ2) is 32.8. The molecule has 0 aromatic rings. The van der Waals surface area contributed by atoms with Crippen molar-refractivity contribution >= 4 is 11.9 Å². The molecule has 0 amide bonds. The Morgan fingerprint density at radius 3 is 1.31 bits per heavy atom. The number of ether oxygens (including phenoxy) is 1. The predicted octanol–water partition coefficient (Wildman–Crippen LogP) is 11.3. The number of carboxylic acids is 1. The zero-order valence-electron chi connectivity index (χ0n) is 28.2. The maximum absolute atomic E-state index is 12.4. The van der Waals surface area contributed by atoms with Gasteiger partial charge in [-0.1, -0.05) is 155 Å². The summed E-state index contributed by atoms with van der Waals surface area (Å²) >= 11 is 0. The Hall–Kier alpha value is -1.10. The molecule has 0 bridgehead atoms. The van der Waals surface area contributed by atoms with Crippen LogP contribution in [-0.2, 0) is 14.3 Å². The summed E-state index contributed by atoms with van der Waals surface area (Å²) in [7, 11) is 0. The highest BCUT2D eigenvalue weighted by Crippen LogP contribution is 2.21. The van der Waals surface area contributed by atoms with Crippen molar-refractivity contribution in [3.8, 4) is 0 Å². The number of hydrogen-bond acceptors (Lipinski definition) is 4. The molecule has 0 aliphatic rings. The average Bonchev–Trinajstić information content (AvgIpc) is 2.97. The zero-order chi connectivity index (χ0) is 30.9. The van der Waals surface area contributed by atoms with E-state index in [9.17, 15) is 14.7 Å². The van der Waals surface area contributed by atoms with E-state index >= 15 is 0 Å². The highest BCUT2D eigenvalue weighted by molar-refractivity contribution is 5.69. The number of unbranched alkanes of at least 4 members (excludes halogenated alkanes) is 20. The van der Waals surface area contributed by atoms with E-state index in [0.717, 1.165) is 77.0 Å². The lowest BCUT2D eigenvalue weighted by Crippen LogP contribution is -2.14. The van der Waals surface area contributed by atoms with Crippen LogP contribution in [0.5, 0.6) is 0 Å². The minimum Gasteiger partial charge on any atom is -0.481 e. The third-order valence-electron chi connectivity index (χ3n) is 8.76.